The molecule has 0 fully saturated rings. The third-order valence-electron chi connectivity index (χ3n) is 4.91. The summed E-state index contributed by atoms with van der Waals surface area (Å²) >= 11 is 0. The minimum absolute atomic E-state index is 0.00899. The zero-order valence-electron chi connectivity index (χ0n) is 13.5. The molecule has 1 N–H and O–H groups in total. The molecule has 0 unspecified atom stereocenters. The van der Waals surface area contributed by atoms with Gasteiger partial charge >= 0.3 is 0 Å². The van der Waals surface area contributed by atoms with Gasteiger partial charge in [-0.15, -0.1) is 0 Å². The van der Waals surface area contributed by atoms with Crippen molar-refractivity contribution in [1.29, 1.82) is 0 Å². The molecule has 0 saturated carbocycles. The number of hydrogen-bond donors (Lipinski definition) is 1. The predicted molar refractivity (Wildman–Crippen MR) is 101 cm³/mol. The molecule has 120 valence electrons. The van der Waals surface area contributed by atoms with Gasteiger partial charge in [0.15, 0.2) is 5.43 Å². The first-order valence-electron chi connectivity index (χ1n) is 8.13. The molecule has 1 aromatic heterocycles. The molecule has 25 heavy (non-hydrogen) atoms. The van der Waals surface area contributed by atoms with Gasteiger partial charge < -0.3 is 9.52 Å². The van der Waals surface area contributed by atoms with Crippen LogP contribution in [-0.2, 0) is 0 Å². The van der Waals surface area contributed by atoms with Crippen LogP contribution in [0.2, 0.25) is 0 Å². The van der Waals surface area contributed by atoms with Gasteiger partial charge in [-0.3, -0.25) is 4.79 Å². The molecule has 0 saturated heterocycles. The summed E-state index contributed by atoms with van der Waals surface area (Å²) in [7, 11) is 0. The van der Waals surface area contributed by atoms with E-state index in [1.165, 1.54) is 0 Å². The lowest BCUT2D eigenvalue weighted by atomic mass is 9.99. The molecule has 4 aromatic carbocycles. The second-order valence-corrected chi connectivity index (χ2v) is 6.40. The van der Waals surface area contributed by atoms with Crippen LogP contribution < -0.4 is 5.43 Å². The molecular weight excluding hydrogens is 312 g/mol. The maximum atomic E-state index is 11.7. The highest BCUT2D eigenvalue weighted by atomic mass is 16.3. The lowest BCUT2D eigenvalue weighted by Gasteiger charge is -2.11. The van der Waals surface area contributed by atoms with Crippen molar-refractivity contribution in [1.82, 2.24) is 0 Å². The van der Waals surface area contributed by atoms with Crippen LogP contribution in [0.4, 0.5) is 0 Å². The number of phenolic OH excluding ortho intramolecular Hbond substituents is 1. The van der Waals surface area contributed by atoms with E-state index in [0.717, 1.165) is 49.0 Å². The molecule has 0 amide bonds. The van der Waals surface area contributed by atoms with Crippen LogP contribution in [0.25, 0.3) is 43.5 Å². The van der Waals surface area contributed by atoms with Gasteiger partial charge in [-0.1, -0.05) is 24.3 Å². The Balaban J connectivity index is 2.05. The minimum Gasteiger partial charge on any atom is -0.508 e. The SMILES string of the molecule is Cc1c2ccc3cc(O)ccc3c2oc2c1ccc1cc(=O)ccc12. The number of hydrogen-bond acceptors (Lipinski definition) is 3. The second-order valence-electron chi connectivity index (χ2n) is 6.40. The summed E-state index contributed by atoms with van der Waals surface area (Å²) < 4.78 is 6.35. The van der Waals surface area contributed by atoms with E-state index >= 15 is 0 Å². The van der Waals surface area contributed by atoms with Crippen molar-refractivity contribution in [2.24, 2.45) is 0 Å². The Labute approximate surface area is 142 Å². The van der Waals surface area contributed by atoms with Gasteiger partial charge in [-0.05, 0) is 59.7 Å². The standard InChI is InChI=1S/C22H14O3/c1-12-17-6-2-13-10-15(23)4-8-19(13)21(17)25-22-18(12)7-3-14-11-16(24)5-9-20(14)22/h2-11,23H,1H3. The molecule has 0 spiro atoms. The van der Waals surface area contributed by atoms with Crippen LogP contribution in [0, 0.1) is 6.92 Å². The highest BCUT2D eigenvalue weighted by Crippen LogP contribution is 2.36. The van der Waals surface area contributed by atoms with E-state index in [-0.39, 0.29) is 11.2 Å². The summed E-state index contributed by atoms with van der Waals surface area (Å²) in [4.78, 5) is 11.7. The normalized spacial score (nSPS) is 11.7. The first-order valence-corrected chi connectivity index (χ1v) is 8.13. The number of aromatic hydroxyl groups is 1. The van der Waals surface area contributed by atoms with E-state index in [2.05, 4.69) is 6.92 Å². The zero-order chi connectivity index (χ0) is 17.1. The Morgan fingerprint density at radius 2 is 1.28 bits per heavy atom. The monoisotopic (exact) mass is 326 g/mol. The van der Waals surface area contributed by atoms with Crippen molar-refractivity contribution in [2.45, 2.75) is 6.92 Å². The van der Waals surface area contributed by atoms with Gasteiger partial charge in [0.2, 0.25) is 0 Å². The fourth-order valence-electron chi connectivity index (χ4n) is 3.63. The third-order valence-corrected chi connectivity index (χ3v) is 4.91. The largest absolute Gasteiger partial charge is 0.508 e. The highest BCUT2D eigenvalue weighted by Gasteiger charge is 2.12. The molecule has 0 radical (unpaired) electrons. The molecule has 3 heteroatoms. The average Bonchev–Trinajstić information content (AvgIpc) is 2.61. The van der Waals surface area contributed by atoms with Crippen molar-refractivity contribution in [3.63, 3.8) is 0 Å². The molecule has 5 aromatic rings. The van der Waals surface area contributed by atoms with Crippen LogP contribution in [0.1, 0.15) is 5.56 Å². The first-order chi connectivity index (χ1) is 12.1. The smallest absolute Gasteiger partial charge is 0.179 e. The summed E-state index contributed by atoms with van der Waals surface area (Å²) in [5.41, 5.74) is 2.70. The quantitative estimate of drug-likeness (QED) is 0.312. The summed E-state index contributed by atoms with van der Waals surface area (Å²) in [5, 5.41) is 15.5. The number of benzene rings is 4. The van der Waals surface area contributed by atoms with Gasteiger partial charge in [-0.25, -0.2) is 0 Å². The Kier molecular flexibility index (Phi) is 2.72. The van der Waals surface area contributed by atoms with Crippen LogP contribution >= 0.6 is 0 Å². The van der Waals surface area contributed by atoms with Gasteiger partial charge in [0, 0.05) is 21.5 Å². The van der Waals surface area contributed by atoms with Crippen LogP contribution in [0.15, 0.2) is 69.9 Å². The summed E-state index contributed by atoms with van der Waals surface area (Å²) in [6, 6.07) is 18.3. The Morgan fingerprint density at radius 3 is 1.96 bits per heavy atom. The van der Waals surface area contributed by atoms with Crippen molar-refractivity contribution in [3.8, 4) is 5.75 Å². The molecule has 5 rings (SSSR count). The third kappa shape index (κ3) is 1.96. The number of rotatable bonds is 0. The van der Waals surface area contributed by atoms with E-state index in [1.807, 2.05) is 36.4 Å². The molecule has 3 nitrogen and oxygen atoms in total. The lowest BCUT2D eigenvalue weighted by Crippen LogP contribution is -1.95. The van der Waals surface area contributed by atoms with E-state index in [9.17, 15) is 9.90 Å². The minimum atomic E-state index is -0.00899. The summed E-state index contributed by atoms with van der Waals surface area (Å²) in [5.74, 6) is 0.234. The topological polar surface area (TPSA) is 50.4 Å². The summed E-state index contributed by atoms with van der Waals surface area (Å²) in [6.07, 6.45) is 0. The van der Waals surface area contributed by atoms with Crippen LogP contribution in [-0.4, -0.2) is 5.11 Å². The molecule has 0 aliphatic rings. The fourth-order valence-corrected chi connectivity index (χ4v) is 3.63. The van der Waals surface area contributed by atoms with E-state index < -0.39 is 0 Å². The maximum Gasteiger partial charge on any atom is 0.179 e. The zero-order valence-corrected chi connectivity index (χ0v) is 13.5. The van der Waals surface area contributed by atoms with Crippen molar-refractivity contribution in [3.05, 3.63) is 76.5 Å². The molecule has 0 atom stereocenters. The molecule has 1 heterocycles. The Bertz CT molecular complexity index is 1380. The van der Waals surface area contributed by atoms with E-state index in [1.54, 1.807) is 24.3 Å². The van der Waals surface area contributed by atoms with Crippen molar-refractivity contribution in [2.75, 3.05) is 0 Å². The number of aryl methyl sites for hydroxylation is 1. The van der Waals surface area contributed by atoms with Crippen LogP contribution in [0.5, 0.6) is 5.75 Å². The van der Waals surface area contributed by atoms with Crippen LogP contribution in [0.3, 0.4) is 0 Å². The maximum absolute atomic E-state index is 11.7. The second kappa shape index (κ2) is 4.84. The van der Waals surface area contributed by atoms with Gasteiger partial charge in [0.25, 0.3) is 0 Å². The van der Waals surface area contributed by atoms with Crippen molar-refractivity contribution >= 4 is 43.5 Å². The van der Waals surface area contributed by atoms with E-state index in [4.69, 9.17) is 4.42 Å². The lowest BCUT2D eigenvalue weighted by molar-refractivity contribution is 0.476. The fraction of sp³-hybridized carbons (Fsp3) is 0.0455. The molecular formula is C22H14O3. The average molecular weight is 326 g/mol. The van der Waals surface area contributed by atoms with Crippen molar-refractivity contribution < 1.29 is 9.52 Å². The Hall–Kier alpha value is -3.33. The molecule has 0 aliphatic heterocycles. The first kappa shape index (κ1) is 14.1. The van der Waals surface area contributed by atoms with E-state index in [0.29, 0.717) is 0 Å². The molecule has 0 bridgehead atoms. The molecule has 0 aliphatic carbocycles. The van der Waals surface area contributed by atoms with Gasteiger partial charge in [0.05, 0.1) is 0 Å². The highest BCUT2D eigenvalue weighted by molar-refractivity contribution is 6.13. The Morgan fingerprint density at radius 1 is 0.720 bits per heavy atom. The number of phenols is 1. The predicted octanol–water partition coefficient (Wildman–Crippen LogP) is 5.27. The van der Waals surface area contributed by atoms with Gasteiger partial charge in [-0.2, -0.15) is 0 Å². The summed E-state index contributed by atoms with van der Waals surface area (Å²) in [6.45, 7) is 2.08. The van der Waals surface area contributed by atoms with Gasteiger partial charge in [0.1, 0.15) is 16.9 Å². The number of fused-ring (bicyclic) bond motifs is 6.